The Morgan fingerprint density at radius 3 is 2.90 bits per heavy atom. The van der Waals surface area contributed by atoms with Crippen LogP contribution < -0.4 is 10.5 Å². The minimum atomic E-state index is -3.54. The van der Waals surface area contributed by atoms with Crippen molar-refractivity contribution < 1.29 is 13.2 Å². The standard InChI is InChI=1S/C13H21N3O3S/c1-19-9-7-15-20(17,18)16-8-6-11-4-2-3-5-12(11)13(16)10-14/h2-5,13,15H,6-10,14H2,1H3. The van der Waals surface area contributed by atoms with Crippen molar-refractivity contribution in [3.05, 3.63) is 35.4 Å². The number of fused-ring (bicyclic) bond motifs is 1. The van der Waals surface area contributed by atoms with Crippen LogP contribution in [0, 0.1) is 0 Å². The third-order valence-electron chi connectivity index (χ3n) is 3.49. The number of benzene rings is 1. The van der Waals surface area contributed by atoms with E-state index in [1.807, 2.05) is 24.3 Å². The second kappa shape index (κ2) is 6.64. The first-order valence-electron chi connectivity index (χ1n) is 6.63. The van der Waals surface area contributed by atoms with Gasteiger partial charge in [0, 0.05) is 26.7 Å². The predicted molar refractivity (Wildman–Crippen MR) is 77.4 cm³/mol. The van der Waals surface area contributed by atoms with Crippen LogP contribution in [-0.2, 0) is 21.4 Å². The van der Waals surface area contributed by atoms with Crippen molar-refractivity contribution in [3.63, 3.8) is 0 Å². The molecule has 0 fully saturated rings. The number of rotatable bonds is 6. The largest absolute Gasteiger partial charge is 0.383 e. The minimum Gasteiger partial charge on any atom is -0.383 e. The molecule has 0 aliphatic carbocycles. The van der Waals surface area contributed by atoms with E-state index in [2.05, 4.69) is 4.72 Å². The lowest BCUT2D eigenvalue weighted by Crippen LogP contribution is -2.48. The van der Waals surface area contributed by atoms with Gasteiger partial charge in [-0.3, -0.25) is 0 Å². The first-order chi connectivity index (χ1) is 9.60. The molecule has 1 heterocycles. The molecule has 0 saturated carbocycles. The number of nitrogens with two attached hydrogens (primary N) is 1. The van der Waals surface area contributed by atoms with E-state index in [0.717, 1.165) is 5.56 Å². The molecule has 0 bridgehead atoms. The van der Waals surface area contributed by atoms with Crippen LogP contribution >= 0.6 is 0 Å². The molecular weight excluding hydrogens is 278 g/mol. The Hall–Kier alpha value is -0.990. The zero-order valence-electron chi connectivity index (χ0n) is 11.6. The molecule has 112 valence electrons. The van der Waals surface area contributed by atoms with Crippen molar-refractivity contribution in [2.45, 2.75) is 12.5 Å². The summed E-state index contributed by atoms with van der Waals surface area (Å²) in [6, 6.07) is 7.55. The molecule has 2 rings (SSSR count). The molecule has 1 unspecified atom stereocenters. The summed E-state index contributed by atoms with van der Waals surface area (Å²) in [4.78, 5) is 0. The summed E-state index contributed by atoms with van der Waals surface area (Å²) in [6.07, 6.45) is 0.706. The molecule has 0 saturated heterocycles. The average molecular weight is 299 g/mol. The summed E-state index contributed by atoms with van der Waals surface area (Å²) in [6.45, 7) is 1.31. The van der Waals surface area contributed by atoms with Crippen LogP contribution in [0.25, 0.3) is 0 Å². The molecule has 1 aromatic rings. The van der Waals surface area contributed by atoms with Gasteiger partial charge in [-0.1, -0.05) is 24.3 Å². The van der Waals surface area contributed by atoms with Crippen LogP contribution in [-0.4, -0.2) is 46.1 Å². The molecule has 1 aliphatic rings. The van der Waals surface area contributed by atoms with E-state index >= 15 is 0 Å². The monoisotopic (exact) mass is 299 g/mol. The van der Waals surface area contributed by atoms with Gasteiger partial charge < -0.3 is 10.5 Å². The smallest absolute Gasteiger partial charge is 0.280 e. The van der Waals surface area contributed by atoms with Crippen LogP contribution in [0.2, 0.25) is 0 Å². The number of nitrogens with zero attached hydrogens (tertiary/aromatic N) is 1. The van der Waals surface area contributed by atoms with Gasteiger partial charge in [0.2, 0.25) is 0 Å². The average Bonchev–Trinajstić information content (AvgIpc) is 2.46. The maximum atomic E-state index is 12.3. The summed E-state index contributed by atoms with van der Waals surface area (Å²) >= 11 is 0. The zero-order chi connectivity index (χ0) is 14.6. The molecule has 20 heavy (non-hydrogen) atoms. The second-order valence-electron chi connectivity index (χ2n) is 4.70. The van der Waals surface area contributed by atoms with Crippen LogP contribution in [0.4, 0.5) is 0 Å². The van der Waals surface area contributed by atoms with E-state index < -0.39 is 10.2 Å². The lowest BCUT2D eigenvalue weighted by molar-refractivity contribution is 0.203. The van der Waals surface area contributed by atoms with E-state index in [1.165, 1.54) is 17.0 Å². The van der Waals surface area contributed by atoms with E-state index in [-0.39, 0.29) is 19.1 Å². The molecule has 6 nitrogen and oxygen atoms in total. The van der Waals surface area contributed by atoms with E-state index in [4.69, 9.17) is 10.5 Å². The number of hydrogen-bond donors (Lipinski definition) is 2. The van der Waals surface area contributed by atoms with Gasteiger partial charge in [-0.2, -0.15) is 17.4 Å². The van der Waals surface area contributed by atoms with Crippen LogP contribution in [0.3, 0.4) is 0 Å². The maximum absolute atomic E-state index is 12.3. The van der Waals surface area contributed by atoms with Gasteiger partial charge in [-0.25, -0.2) is 0 Å². The summed E-state index contributed by atoms with van der Waals surface area (Å²) in [5, 5.41) is 0. The third-order valence-corrected chi connectivity index (χ3v) is 5.11. The molecule has 0 radical (unpaired) electrons. The van der Waals surface area contributed by atoms with Gasteiger partial charge in [0.15, 0.2) is 0 Å². The van der Waals surface area contributed by atoms with Gasteiger partial charge in [-0.05, 0) is 17.5 Å². The highest BCUT2D eigenvalue weighted by Crippen LogP contribution is 2.30. The highest BCUT2D eigenvalue weighted by atomic mass is 32.2. The fourth-order valence-electron chi connectivity index (χ4n) is 2.52. The van der Waals surface area contributed by atoms with E-state index in [9.17, 15) is 8.42 Å². The maximum Gasteiger partial charge on any atom is 0.280 e. The summed E-state index contributed by atoms with van der Waals surface area (Å²) < 4.78 is 33.5. The first-order valence-corrected chi connectivity index (χ1v) is 8.07. The summed E-state index contributed by atoms with van der Waals surface area (Å²) in [7, 11) is -2.00. The quantitative estimate of drug-likeness (QED) is 0.726. The molecule has 1 aromatic carbocycles. The molecule has 1 atom stereocenters. The lowest BCUT2D eigenvalue weighted by Gasteiger charge is -2.35. The number of nitrogens with one attached hydrogen (secondary N) is 1. The Morgan fingerprint density at radius 2 is 2.20 bits per heavy atom. The Labute approximate surface area is 120 Å². The number of hydrogen-bond acceptors (Lipinski definition) is 4. The van der Waals surface area contributed by atoms with Crippen LogP contribution in [0.5, 0.6) is 0 Å². The second-order valence-corrected chi connectivity index (χ2v) is 6.41. The van der Waals surface area contributed by atoms with E-state index in [1.54, 1.807) is 0 Å². The SMILES string of the molecule is COCCNS(=O)(=O)N1CCc2ccccc2C1CN. The molecule has 1 aliphatic heterocycles. The lowest BCUT2D eigenvalue weighted by atomic mass is 9.94. The fourth-order valence-corrected chi connectivity index (χ4v) is 3.89. The van der Waals surface area contributed by atoms with Crippen LogP contribution in [0.1, 0.15) is 17.2 Å². The highest BCUT2D eigenvalue weighted by Gasteiger charge is 2.34. The van der Waals surface area contributed by atoms with Gasteiger partial charge in [0.05, 0.1) is 12.6 Å². The Morgan fingerprint density at radius 1 is 1.45 bits per heavy atom. The Balaban J connectivity index is 2.21. The number of methoxy groups -OCH3 is 1. The first kappa shape index (κ1) is 15.4. The Bertz CT molecular complexity index is 548. The summed E-state index contributed by atoms with van der Waals surface area (Å²) in [5.41, 5.74) is 7.97. The van der Waals surface area contributed by atoms with Gasteiger partial charge >= 0.3 is 0 Å². The minimum absolute atomic E-state index is 0.258. The molecule has 0 spiro atoms. The van der Waals surface area contributed by atoms with Crippen molar-refractivity contribution in [1.82, 2.24) is 9.03 Å². The molecule has 0 amide bonds. The van der Waals surface area contributed by atoms with Crippen LogP contribution in [0.15, 0.2) is 24.3 Å². The Kier molecular flexibility index (Phi) is 5.11. The fraction of sp³-hybridized carbons (Fsp3) is 0.538. The van der Waals surface area contributed by atoms with Crippen molar-refractivity contribution >= 4 is 10.2 Å². The highest BCUT2D eigenvalue weighted by molar-refractivity contribution is 7.87. The number of ether oxygens (including phenoxy) is 1. The molecule has 7 heteroatoms. The topological polar surface area (TPSA) is 84.7 Å². The van der Waals surface area contributed by atoms with Crippen molar-refractivity contribution in [1.29, 1.82) is 0 Å². The zero-order valence-corrected chi connectivity index (χ0v) is 12.4. The predicted octanol–water partition coefficient (Wildman–Crippen LogP) is 0.0253. The van der Waals surface area contributed by atoms with Gasteiger partial charge in [-0.15, -0.1) is 0 Å². The third kappa shape index (κ3) is 3.18. The van der Waals surface area contributed by atoms with Crippen molar-refractivity contribution in [3.8, 4) is 0 Å². The van der Waals surface area contributed by atoms with Crippen molar-refractivity contribution in [2.75, 3.05) is 33.4 Å². The normalized spacial score (nSPS) is 19.8. The molecule has 3 N–H and O–H groups in total. The van der Waals surface area contributed by atoms with Gasteiger partial charge in [0.1, 0.15) is 0 Å². The van der Waals surface area contributed by atoms with Gasteiger partial charge in [0.25, 0.3) is 10.2 Å². The summed E-state index contributed by atoms with van der Waals surface area (Å²) in [5.74, 6) is 0. The van der Waals surface area contributed by atoms with Crippen molar-refractivity contribution in [2.24, 2.45) is 5.73 Å². The molecular formula is C13H21N3O3S. The van der Waals surface area contributed by atoms with E-state index in [0.29, 0.717) is 19.6 Å². The molecule has 0 aromatic heterocycles.